The summed E-state index contributed by atoms with van der Waals surface area (Å²) in [6.07, 6.45) is 3.08. The van der Waals surface area contributed by atoms with Gasteiger partial charge in [-0.3, -0.25) is 13.9 Å². The molecule has 8 nitrogen and oxygen atoms in total. The summed E-state index contributed by atoms with van der Waals surface area (Å²) in [7, 11) is 3.71. The summed E-state index contributed by atoms with van der Waals surface area (Å²) in [6, 6.07) is 14.0. The van der Waals surface area contributed by atoms with Gasteiger partial charge in [-0.1, -0.05) is 0 Å². The van der Waals surface area contributed by atoms with Gasteiger partial charge in [0.05, 0.1) is 11.3 Å². The maximum absolute atomic E-state index is 14.1. The third kappa shape index (κ3) is 5.28. The minimum atomic E-state index is -1.37. The van der Waals surface area contributed by atoms with E-state index >= 15 is 0 Å². The van der Waals surface area contributed by atoms with Crippen LogP contribution >= 0.6 is 0 Å². The van der Waals surface area contributed by atoms with Crippen molar-refractivity contribution in [3.63, 3.8) is 0 Å². The number of nitrogens with zero attached hydrogens (tertiary/aromatic N) is 3. The largest absolute Gasteiger partial charge is 0.455 e. The van der Waals surface area contributed by atoms with Gasteiger partial charge in [-0.2, -0.15) is 0 Å². The van der Waals surface area contributed by atoms with Gasteiger partial charge in [0.1, 0.15) is 39.7 Å². The highest BCUT2D eigenvalue weighted by Gasteiger charge is 2.32. The first-order chi connectivity index (χ1) is 21.5. The standard InChI is InChI=1S/C34H34F2N4O4S/c1-19-24-15-23(36)12-13-27(24)38(3)31(19)34(42)40-14-6-7-21(18-40)25-16-26-29(17-28(25)39(4)45(5)43)44-32(30(26)33(41)37-2)20-8-10-22(35)11-9-20/h8-13,15-17,21H,6-7,14,18H2,1-5H3,(H,37,41)/t21-,45?/m0/s1. The van der Waals surface area contributed by atoms with Crippen molar-refractivity contribution in [1.82, 2.24) is 14.8 Å². The van der Waals surface area contributed by atoms with Gasteiger partial charge < -0.3 is 19.2 Å². The van der Waals surface area contributed by atoms with Crippen LogP contribution < -0.4 is 9.62 Å². The maximum Gasteiger partial charge on any atom is 0.270 e. The molecule has 1 aliphatic heterocycles. The molecule has 11 heteroatoms. The predicted molar refractivity (Wildman–Crippen MR) is 173 cm³/mol. The van der Waals surface area contributed by atoms with E-state index in [0.717, 1.165) is 29.5 Å². The van der Waals surface area contributed by atoms with Crippen molar-refractivity contribution < 1.29 is 27.0 Å². The number of carbonyl (C=O) groups is 2. The number of aryl methyl sites for hydroxylation is 2. The van der Waals surface area contributed by atoms with E-state index in [1.54, 1.807) is 41.9 Å². The van der Waals surface area contributed by atoms with Crippen molar-refractivity contribution in [2.45, 2.75) is 25.7 Å². The number of anilines is 1. The Labute approximate surface area is 262 Å². The van der Waals surface area contributed by atoms with Crippen LogP contribution in [0.1, 0.15) is 50.7 Å². The van der Waals surface area contributed by atoms with Gasteiger partial charge in [-0.05, 0) is 79.4 Å². The van der Waals surface area contributed by atoms with E-state index in [1.807, 2.05) is 29.5 Å². The molecule has 3 aromatic carbocycles. The second kappa shape index (κ2) is 11.8. The molecule has 6 rings (SSSR count). The molecule has 0 spiro atoms. The van der Waals surface area contributed by atoms with Gasteiger partial charge in [-0.15, -0.1) is 0 Å². The fraction of sp³-hybridized carbons (Fsp3) is 0.294. The van der Waals surface area contributed by atoms with E-state index in [4.69, 9.17) is 4.42 Å². The molecule has 1 unspecified atom stereocenters. The maximum atomic E-state index is 14.1. The van der Waals surface area contributed by atoms with Gasteiger partial charge >= 0.3 is 0 Å². The van der Waals surface area contributed by atoms with Crippen LogP contribution in [0.4, 0.5) is 14.5 Å². The van der Waals surface area contributed by atoms with E-state index in [-0.39, 0.29) is 23.5 Å². The highest BCUT2D eigenvalue weighted by molar-refractivity contribution is 7.85. The molecule has 1 saturated heterocycles. The number of benzene rings is 3. The van der Waals surface area contributed by atoms with Crippen LogP contribution in [0.3, 0.4) is 0 Å². The third-order valence-corrected chi connectivity index (χ3v) is 9.86. The molecule has 1 aliphatic rings. The van der Waals surface area contributed by atoms with E-state index < -0.39 is 16.8 Å². The van der Waals surface area contributed by atoms with Gasteiger partial charge in [-0.25, -0.2) is 13.0 Å². The average Bonchev–Trinajstić information content (AvgIpc) is 3.53. The lowest BCUT2D eigenvalue weighted by molar-refractivity contribution is 0.0697. The number of likely N-dealkylation sites (tertiary alicyclic amines) is 1. The lowest BCUT2D eigenvalue weighted by atomic mass is 9.88. The molecule has 2 atom stereocenters. The number of amides is 2. The van der Waals surface area contributed by atoms with Crippen LogP contribution in [-0.4, -0.2) is 58.9 Å². The zero-order chi connectivity index (χ0) is 32.2. The Kier molecular flexibility index (Phi) is 7.98. The lowest BCUT2D eigenvalue weighted by Crippen LogP contribution is -2.40. The van der Waals surface area contributed by atoms with Crippen molar-refractivity contribution >= 4 is 50.4 Å². The molecule has 0 saturated carbocycles. The van der Waals surface area contributed by atoms with E-state index in [9.17, 15) is 22.6 Å². The van der Waals surface area contributed by atoms with Gasteiger partial charge in [0, 0.05) is 74.3 Å². The monoisotopic (exact) mass is 632 g/mol. The Hall–Kier alpha value is -4.51. The first-order valence-corrected chi connectivity index (χ1v) is 16.2. The first kappa shape index (κ1) is 30.5. The number of furan rings is 1. The zero-order valence-electron chi connectivity index (χ0n) is 25.7. The highest BCUT2D eigenvalue weighted by Crippen LogP contribution is 2.42. The van der Waals surface area contributed by atoms with Crippen LogP contribution in [0.5, 0.6) is 0 Å². The highest BCUT2D eigenvalue weighted by atomic mass is 32.2. The number of carbonyl (C=O) groups excluding carboxylic acids is 2. The molecule has 5 aromatic rings. The number of fused-ring (bicyclic) bond motifs is 2. The second-order valence-corrected chi connectivity index (χ2v) is 12.9. The number of hydrogen-bond acceptors (Lipinski definition) is 4. The van der Waals surface area contributed by atoms with Crippen molar-refractivity contribution in [3.05, 3.63) is 88.6 Å². The predicted octanol–water partition coefficient (Wildman–Crippen LogP) is 6.29. The Morgan fingerprint density at radius 2 is 1.76 bits per heavy atom. The SMILES string of the molecule is CNC(=O)c1c(-c2ccc(F)cc2)oc2cc(N(C)S(C)=O)c([C@H]3CCCN(C(=O)c4c(C)c5cc(F)ccc5n4C)C3)cc12. The fourth-order valence-electron chi connectivity index (χ4n) is 6.51. The minimum Gasteiger partial charge on any atom is -0.455 e. The molecule has 2 aromatic heterocycles. The zero-order valence-corrected chi connectivity index (χ0v) is 26.6. The molecule has 1 fully saturated rings. The summed E-state index contributed by atoms with van der Waals surface area (Å²) < 4.78 is 50.3. The topological polar surface area (TPSA) is 87.8 Å². The summed E-state index contributed by atoms with van der Waals surface area (Å²) >= 11 is 0. The Morgan fingerprint density at radius 3 is 2.44 bits per heavy atom. The summed E-state index contributed by atoms with van der Waals surface area (Å²) in [6.45, 7) is 2.79. The first-order valence-electron chi connectivity index (χ1n) is 14.7. The molecule has 0 radical (unpaired) electrons. The van der Waals surface area contributed by atoms with E-state index in [0.29, 0.717) is 57.7 Å². The van der Waals surface area contributed by atoms with Crippen LogP contribution in [0.15, 0.2) is 59.0 Å². The lowest BCUT2D eigenvalue weighted by Gasteiger charge is -2.35. The van der Waals surface area contributed by atoms with Gasteiger partial charge in [0.15, 0.2) is 0 Å². The van der Waals surface area contributed by atoms with Crippen LogP contribution in [0, 0.1) is 18.6 Å². The number of rotatable bonds is 6. The molecule has 0 bridgehead atoms. The molecule has 2 amide bonds. The number of hydrogen-bond donors (Lipinski definition) is 1. The average molecular weight is 633 g/mol. The molecule has 234 valence electrons. The van der Waals surface area contributed by atoms with Crippen LogP contribution in [0.2, 0.25) is 0 Å². The van der Waals surface area contributed by atoms with E-state index in [2.05, 4.69) is 5.32 Å². The van der Waals surface area contributed by atoms with Gasteiger partial charge in [0.25, 0.3) is 11.8 Å². The van der Waals surface area contributed by atoms with Gasteiger partial charge in [0.2, 0.25) is 0 Å². The molecule has 0 aliphatic carbocycles. The van der Waals surface area contributed by atoms with Crippen LogP contribution in [-0.2, 0) is 18.0 Å². The van der Waals surface area contributed by atoms with Crippen molar-refractivity contribution in [2.75, 3.05) is 37.7 Å². The second-order valence-electron chi connectivity index (χ2n) is 11.5. The molecule has 3 heterocycles. The molecule has 45 heavy (non-hydrogen) atoms. The third-order valence-electron chi connectivity index (χ3n) is 8.89. The molecule has 1 N–H and O–H groups in total. The Morgan fingerprint density at radius 1 is 1.04 bits per heavy atom. The fourth-order valence-corrected chi connectivity index (χ4v) is 6.95. The number of nitrogens with one attached hydrogen (secondary N) is 1. The van der Waals surface area contributed by atoms with Crippen molar-refractivity contribution in [1.29, 1.82) is 0 Å². The summed E-state index contributed by atoms with van der Waals surface area (Å²) in [5, 5.41) is 3.96. The Balaban J connectivity index is 1.45. The number of piperidine rings is 1. The smallest absolute Gasteiger partial charge is 0.270 e. The number of aromatic nitrogens is 1. The molecular formula is C34H34F2N4O4S. The minimum absolute atomic E-state index is 0.137. The van der Waals surface area contributed by atoms with E-state index in [1.165, 1.54) is 31.3 Å². The van der Waals surface area contributed by atoms with Crippen molar-refractivity contribution in [2.24, 2.45) is 7.05 Å². The quantitative estimate of drug-likeness (QED) is 0.239. The summed E-state index contributed by atoms with van der Waals surface area (Å²) in [5.74, 6) is -1.10. The van der Waals surface area contributed by atoms with Crippen LogP contribution in [0.25, 0.3) is 33.2 Å². The molecular weight excluding hydrogens is 598 g/mol. The van der Waals surface area contributed by atoms with Crippen molar-refractivity contribution in [3.8, 4) is 11.3 Å². The summed E-state index contributed by atoms with van der Waals surface area (Å²) in [5.41, 5.74) is 4.81. The Bertz CT molecular complexity index is 2000. The number of halogens is 2. The summed E-state index contributed by atoms with van der Waals surface area (Å²) in [4.78, 5) is 29.1. The normalized spacial score (nSPS) is 15.9.